The van der Waals surface area contributed by atoms with Gasteiger partial charge in [0.15, 0.2) is 16.0 Å². The van der Waals surface area contributed by atoms with Crippen LogP contribution < -0.4 is 5.32 Å². The molecule has 1 aliphatic heterocycles. The van der Waals surface area contributed by atoms with Crippen molar-refractivity contribution in [3.05, 3.63) is 53.0 Å². The minimum absolute atomic E-state index is 0.00800. The van der Waals surface area contributed by atoms with Gasteiger partial charge in [0.2, 0.25) is 5.91 Å². The van der Waals surface area contributed by atoms with Gasteiger partial charge in [0.25, 0.3) is 5.91 Å². The number of rotatable bonds is 8. The Labute approximate surface area is 263 Å². The van der Waals surface area contributed by atoms with Crippen LogP contribution in [0.4, 0.5) is 5.13 Å². The normalized spacial score (nSPS) is 25.7. The van der Waals surface area contributed by atoms with E-state index in [2.05, 4.69) is 37.1 Å². The second kappa shape index (κ2) is 12.6. The van der Waals surface area contributed by atoms with Crippen molar-refractivity contribution in [2.24, 2.45) is 5.92 Å². The van der Waals surface area contributed by atoms with E-state index in [1.807, 2.05) is 28.5 Å². The number of aliphatic hydroxyl groups excluding tert-OH is 1. The number of fused-ring (bicyclic) bond motifs is 1. The highest BCUT2D eigenvalue weighted by atomic mass is 32.1. The van der Waals surface area contributed by atoms with Gasteiger partial charge < -0.3 is 20.1 Å². The highest BCUT2D eigenvalue weighted by Crippen LogP contribution is 2.36. The molecule has 0 bridgehead atoms. The fourth-order valence-corrected chi connectivity index (χ4v) is 7.97. The van der Waals surface area contributed by atoms with E-state index in [0.717, 1.165) is 60.0 Å². The summed E-state index contributed by atoms with van der Waals surface area (Å²) in [6.45, 7) is 4.60. The SMILES string of the molecule is C[C@H]1CN(C(=O)c2nccs2)CCN1C1CC(C(=O)Nc2nc3ccc(-c4cnc(CO[C@H]5CCC[C@@H]5O)nc4)cc3s2)C1. The molecule has 2 saturated carbocycles. The molecule has 1 aromatic carbocycles. The van der Waals surface area contributed by atoms with Crippen LogP contribution in [-0.2, 0) is 16.1 Å². The van der Waals surface area contributed by atoms with Gasteiger partial charge in [0, 0.05) is 67.2 Å². The van der Waals surface area contributed by atoms with Crippen LogP contribution in [0.3, 0.4) is 0 Å². The summed E-state index contributed by atoms with van der Waals surface area (Å²) in [5.74, 6) is 0.575. The van der Waals surface area contributed by atoms with Gasteiger partial charge in [-0.15, -0.1) is 11.3 Å². The number of carbonyl (C=O) groups is 2. The zero-order valence-electron chi connectivity index (χ0n) is 24.5. The number of aliphatic hydroxyl groups is 1. The molecular formula is C31H35N7O4S2. The molecule has 2 N–H and O–H groups in total. The van der Waals surface area contributed by atoms with Crippen molar-refractivity contribution in [1.82, 2.24) is 29.7 Å². The summed E-state index contributed by atoms with van der Waals surface area (Å²) in [4.78, 5) is 47.8. The summed E-state index contributed by atoms with van der Waals surface area (Å²) >= 11 is 2.84. The molecule has 0 unspecified atom stereocenters. The first-order chi connectivity index (χ1) is 21.4. The smallest absolute Gasteiger partial charge is 0.282 e. The van der Waals surface area contributed by atoms with Crippen LogP contribution in [0.1, 0.15) is 54.7 Å². The molecule has 2 aliphatic carbocycles. The number of hydrogen-bond donors (Lipinski definition) is 2. The van der Waals surface area contributed by atoms with Crippen LogP contribution in [0.5, 0.6) is 0 Å². The van der Waals surface area contributed by atoms with Gasteiger partial charge in [-0.1, -0.05) is 17.4 Å². The average Bonchev–Trinajstić information content (AvgIpc) is 3.77. The maximum absolute atomic E-state index is 13.1. The molecule has 13 heteroatoms. The summed E-state index contributed by atoms with van der Waals surface area (Å²) < 4.78 is 6.78. The Bertz CT molecular complexity index is 1620. The first kappa shape index (κ1) is 29.4. The third-order valence-electron chi connectivity index (χ3n) is 9.04. The van der Waals surface area contributed by atoms with Crippen molar-refractivity contribution >= 4 is 49.8 Å². The fourth-order valence-electron chi connectivity index (χ4n) is 6.46. The van der Waals surface area contributed by atoms with E-state index in [4.69, 9.17) is 4.74 Å². The molecule has 11 nitrogen and oxygen atoms in total. The molecule has 1 saturated heterocycles. The monoisotopic (exact) mass is 633 g/mol. The average molecular weight is 634 g/mol. The van der Waals surface area contributed by atoms with Crippen LogP contribution >= 0.6 is 22.7 Å². The fraction of sp³-hybridized carbons (Fsp3) is 0.484. The third kappa shape index (κ3) is 6.11. The molecule has 230 valence electrons. The van der Waals surface area contributed by atoms with Crippen LogP contribution in [0.25, 0.3) is 21.3 Å². The molecule has 4 aromatic rings. The highest BCUT2D eigenvalue weighted by molar-refractivity contribution is 7.22. The lowest BCUT2D eigenvalue weighted by Gasteiger charge is -2.49. The van der Waals surface area contributed by atoms with Gasteiger partial charge in [0.05, 0.1) is 22.4 Å². The lowest BCUT2D eigenvalue weighted by Crippen LogP contribution is -2.60. The number of nitrogens with zero attached hydrogens (tertiary/aromatic N) is 6. The maximum atomic E-state index is 13.1. The van der Waals surface area contributed by atoms with Crippen molar-refractivity contribution in [2.75, 3.05) is 25.0 Å². The first-order valence-electron chi connectivity index (χ1n) is 15.2. The topological polar surface area (TPSA) is 134 Å². The predicted molar refractivity (Wildman–Crippen MR) is 168 cm³/mol. The van der Waals surface area contributed by atoms with E-state index in [1.54, 1.807) is 18.6 Å². The van der Waals surface area contributed by atoms with E-state index in [9.17, 15) is 14.7 Å². The summed E-state index contributed by atoms with van der Waals surface area (Å²) in [5.41, 5.74) is 2.70. The number of amides is 2. The van der Waals surface area contributed by atoms with Crippen LogP contribution in [0, 0.1) is 5.92 Å². The Morgan fingerprint density at radius 2 is 1.95 bits per heavy atom. The number of piperazine rings is 1. The van der Waals surface area contributed by atoms with Crippen molar-refractivity contribution in [1.29, 1.82) is 0 Å². The Kier molecular flexibility index (Phi) is 8.38. The predicted octanol–water partition coefficient (Wildman–Crippen LogP) is 4.20. The second-order valence-corrected chi connectivity index (χ2v) is 13.8. The number of aromatic nitrogens is 4. The van der Waals surface area contributed by atoms with Gasteiger partial charge in [0.1, 0.15) is 6.61 Å². The minimum Gasteiger partial charge on any atom is -0.390 e. The molecule has 3 aliphatic rings. The third-order valence-corrected chi connectivity index (χ3v) is 10.7. The standard InChI is InChI=1S/C31H35N7O4S2/c1-18-16-37(30(41)29-32-7-10-43-29)8-9-38(18)22-11-20(12-22)28(40)36-31-35-23-6-5-19(13-26(23)44-31)21-14-33-27(34-15-21)17-42-25-4-2-3-24(25)39/h5-7,10,13-15,18,20,22,24-25,39H,2-4,8-9,11-12,16-17H2,1H3,(H,35,36,40)/t18-,20?,22?,24-,25-/m0/s1. The molecule has 44 heavy (non-hydrogen) atoms. The number of ether oxygens (including phenoxy) is 1. The van der Waals surface area contributed by atoms with Gasteiger partial charge >= 0.3 is 0 Å². The second-order valence-electron chi connectivity index (χ2n) is 11.9. The molecule has 4 heterocycles. The summed E-state index contributed by atoms with van der Waals surface area (Å²) in [5, 5.41) is 16.0. The van der Waals surface area contributed by atoms with Crippen LogP contribution in [-0.4, -0.2) is 90.6 Å². The number of carbonyl (C=O) groups excluding carboxylic acids is 2. The zero-order chi connectivity index (χ0) is 30.2. The summed E-state index contributed by atoms with van der Waals surface area (Å²) in [6, 6.07) is 6.58. The highest BCUT2D eigenvalue weighted by Gasteiger charge is 2.41. The van der Waals surface area contributed by atoms with Gasteiger partial charge in [-0.05, 0) is 56.7 Å². The lowest BCUT2D eigenvalue weighted by atomic mass is 9.78. The summed E-state index contributed by atoms with van der Waals surface area (Å²) in [7, 11) is 0. The van der Waals surface area contributed by atoms with Crippen LogP contribution in [0.15, 0.2) is 42.2 Å². The Hall–Kier alpha value is -3.36. The molecule has 0 radical (unpaired) electrons. The Balaban J connectivity index is 0.908. The molecule has 3 fully saturated rings. The maximum Gasteiger partial charge on any atom is 0.282 e. The van der Waals surface area contributed by atoms with E-state index < -0.39 is 6.10 Å². The van der Waals surface area contributed by atoms with Gasteiger partial charge in [-0.3, -0.25) is 14.5 Å². The van der Waals surface area contributed by atoms with Crippen molar-refractivity contribution in [3.8, 4) is 11.1 Å². The molecule has 3 atom stereocenters. The van der Waals surface area contributed by atoms with Gasteiger partial charge in [-0.2, -0.15) is 0 Å². The van der Waals surface area contributed by atoms with Crippen molar-refractivity contribution in [3.63, 3.8) is 0 Å². The quantitative estimate of drug-likeness (QED) is 0.293. The van der Waals surface area contributed by atoms with E-state index in [-0.39, 0.29) is 36.5 Å². The first-order valence-corrected chi connectivity index (χ1v) is 16.9. The van der Waals surface area contributed by atoms with Gasteiger partial charge in [-0.25, -0.2) is 19.9 Å². The summed E-state index contributed by atoms with van der Waals surface area (Å²) in [6.07, 6.45) is 8.97. The number of hydrogen-bond acceptors (Lipinski definition) is 11. The Morgan fingerprint density at radius 1 is 1.11 bits per heavy atom. The molecule has 0 spiro atoms. The largest absolute Gasteiger partial charge is 0.390 e. The van der Waals surface area contributed by atoms with E-state index in [0.29, 0.717) is 35.1 Å². The lowest BCUT2D eigenvalue weighted by molar-refractivity contribution is -0.125. The van der Waals surface area contributed by atoms with Crippen molar-refractivity contribution < 1.29 is 19.4 Å². The molecule has 2 amide bonds. The molecular weight excluding hydrogens is 599 g/mol. The molecule has 3 aromatic heterocycles. The number of thiazole rings is 2. The number of anilines is 1. The Morgan fingerprint density at radius 3 is 2.68 bits per heavy atom. The minimum atomic E-state index is -0.398. The zero-order valence-corrected chi connectivity index (χ0v) is 26.1. The van der Waals surface area contributed by atoms with E-state index >= 15 is 0 Å². The number of nitrogens with one attached hydrogen (secondary N) is 1. The number of benzene rings is 1. The van der Waals surface area contributed by atoms with E-state index in [1.165, 1.54) is 22.7 Å². The molecule has 7 rings (SSSR count). The van der Waals surface area contributed by atoms with Crippen LogP contribution in [0.2, 0.25) is 0 Å². The van der Waals surface area contributed by atoms with Crippen molar-refractivity contribution in [2.45, 2.75) is 69.9 Å².